The third-order valence-corrected chi connectivity index (χ3v) is 4.23. The van der Waals surface area contributed by atoms with Gasteiger partial charge in [0.25, 0.3) is 0 Å². The summed E-state index contributed by atoms with van der Waals surface area (Å²) in [5, 5.41) is 26.7. The highest BCUT2D eigenvalue weighted by molar-refractivity contribution is 5.69. The first-order chi connectivity index (χ1) is 9.96. The van der Waals surface area contributed by atoms with Gasteiger partial charge in [-0.25, -0.2) is 0 Å². The van der Waals surface area contributed by atoms with Crippen molar-refractivity contribution in [1.29, 1.82) is 0 Å². The van der Waals surface area contributed by atoms with E-state index in [9.17, 15) is 4.79 Å². The molecule has 0 rings (SSSR count). The summed E-state index contributed by atoms with van der Waals surface area (Å²) in [4.78, 5) is 10.4. The minimum absolute atomic E-state index is 0.111. The molecule has 0 bridgehead atoms. The lowest BCUT2D eigenvalue weighted by Gasteiger charge is -2.27. The molecule has 1 unspecified atom stereocenters. The predicted octanol–water partition coefficient (Wildman–Crippen LogP) is 3.85. The number of aliphatic carboxylic acids is 1. The Balaban J connectivity index is 0. The Labute approximate surface area is 130 Å². The molecule has 0 aliphatic heterocycles. The van der Waals surface area contributed by atoms with E-state index in [1.54, 1.807) is 0 Å². The van der Waals surface area contributed by atoms with Crippen molar-refractivity contribution in [2.45, 2.75) is 79.1 Å². The maximum atomic E-state index is 10.4. The van der Waals surface area contributed by atoms with Gasteiger partial charge in [-0.2, -0.15) is 0 Å². The molecule has 0 aromatic rings. The van der Waals surface area contributed by atoms with Crippen LogP contribution in [0.1, 0.15) is 79.1 Å². The van der Waals surface area contributed by atoms with Crippen molar-refractivity contribution in [2.24, 2.45) is 11.3 Å². The molecule has 4 nitrogen and oxygen atoms in total. The topological polar surface area (TPSA) is 77.8 Å². The zero-order valence-electron chi connectivity index (χ0n) is 14.4. The fourth-order valence-electron chi connectivity index (χ4n) is 2.11. The van der Waals surface area contributed by atoms with Gasteiger partial charge in [0, 0.05) is 5.41 Å². The minimum Gasteiger partial charge on any atom is -0.481 e. The lowest BCUT2D eigenvalue weighted by molar-refractivity contribution is -0.142. The Kier molecular flexibility index (Phi) is 15.5. The largest absolute Gasteiger partial charge is 0.481 e. The number of carbonyl (C=O) groups is 1. The number of aliphatic hydroxyl groups excluding tert-OH is 2. The molecule has 3 N–H and O–H groups in total. The normalized spacial score (nSPS) is 12.5. The van der Waals surface area contributed by atoms with Crippen LogP contribution in [0, 0.1) is 11.3 Å². The van der Waals surface area contributed by atoms with Gasteiger partial charge < -0.3 is 15.3 Å². The van der Waals surface area contributed by atoms with Crippen LogP contribution in [0.4, 0.5) is 0 Å². The van der Waals surface area contributed by atoms with Gasteiger partial charge in [0.1, 0.15) is 0 Å². The van der Waals surface area contributed by atoms with Gasteiger partial charge in [-0.1, -0.05) is 53.4 Å². The summed E-state index contributed by atoms with van der Waals surface area (Å²) in [6.07, 6.45) is 7.73. The summed E-state index contributed by atoms with van der Waals surface area (Å²) in [7, 11) is 0. The summed E-state index contributed by atoms with van der Waals surface area (Å²) in [6.45, 7) is 8.36. The maximum absolute atomic E-state index is 10.4. The Morgan fingerprint density at radius 2 is 1.52 bits per heavy atom. The first kappa shape index (κ1) is 22.7. The van der Waals surface area contributed by atoms with E-state index in [2.05, 4.69) is 13.8 Å². The number of aliphatic hydroxyl groups is 2. The molecule has 21 heavy (non-hydrogen) atoms. The van der Waals surface area contributed by atoms with E-state index in [1.807, 2.05) is 13.8 Å². The van der Waals surface area contributed by atoms with Crippen molar-refractivity contribution < 1.29 is 20.1 Å². The van der Waals surface area contributed by atoms with E-state index >= 15 is 0 Å². The molecule has 0 aliphatic rings. The highest BCUT2D eigenvalue weighted by atomic mass is 16.4. The van der Waals surface area contributed by atoms with Gasteiger partial charge in [0.15, 0.2) is 0 Å². The summed E-state index contributed by atoms with van der Waals surface area (Å²) in [5.41, 5.74) is -0.212. The Bertz CT molecular complexity index is 229. The van der Waals surface area contributed by atoms with Crippen LogP contribution in [0.25, 0.3) is 0 Å². The zero-order valence-corrected chi connectivity index (χ0v) is 14.4. The van der Waals surface area contributed by atoms with Crippen LogP contribution in [-0.4, -0.2) is 34.5 Å². The average Bonchev–Trinajstić information content (AvgIpc) is 2.50. The monoisotopic (exact) mass is 304 g/mol. The third-order valence-electron chi connectivity index (χ3n) is 4.23. The number of hydrogen-bond donors (Lipinski definition) is 3. The van der Waals surface area contributed by atoms with E-state index in [0.29, 0.717) is 0 Å². The van der Waals surface area contributed by atoms with E-state index < -0.39 is 5.97 Å². The second kappa shape index (κ2) is 14.3. The van der Waals surface area contributed by atoms with Crippen LogP contribution >= 0.6 is 0 Å². The quantitative estimate of drug-likeness (QED) is 0.542. The molecular weight excluding hydrogens is 268 g/mol. The Morgan fingerprint density at radius 1 is 1.00 bits per heavy atom. The van der Waals surface area contributed by atoms with Crippen LogP contribution in [0.15, 0.2) is 0 Å². The predicted molar refractivity (Wildman–Crippen MR) is 87.4 cm³/mol. The Hall–Kier alpha value is -0.610. The smallest absolute Gasteiger partial charge is 0.306 e. The van der Waals surface area contributed by atoms with Crippen LogP contribution < -0.4 is 0 Å². The van der Waals surface area contributed by atoms with Crippen LogP contribution in [0.5, 0.6) is 0 Å². The molecule has 0 heterocycles. The van der Waals surface area contributed by atoms with Gasteiger partial charge in [-0.05, 0) is 25.7 Å². The second-order valence-corrected chi connectivity index (χ2v) is 5.86. The summed E-state index contributed by atoms with van der Waals surface area (Å²) in [6, 6.07) is 0. The molecule has 4 heteroatoms. The van der Waals surface area contributed by atoms with Gasteiger partial charge in [0.05, 0.1) is 19.1 Å². The fraction of sp³-hybridized carbons (Fsp3) is 0.941. The van der Waals surface area contributed by atoms with Crippen molar-refractivity contribution in [2.75, 3.05) is 13.2 Å². The van der Waals surface area contributed by atoms with Gasteiger partial charge >= 0.3 is 5.97 Å². The second-order valence-electron chi connectivity index (χ2n) is 5.86. The first-order valence-corrected chi connectivity index (χ1v) is 8.41. The molecule has 128 valence electrons. The van der Waals surface area contributed by atoms with Crippen molar-refractivity contribution in [1.82, 2.24) is 0 Å². The van der Waals surface area contributed by atoms with Gasteiger partial charge in [-0.15, -0.1) is 0 Å². The van der Waals surface area contributed by atoms with Gasteiger partial charge in [0.2, 0.25) is 0 Å². The molecule has 0 radical (unpaired) electrons. The highest BCUT2D eigenvalue weighted by Gasteiger charge is 2.25. The van der Waals surface area contributed by atoms with Crippen molar-refractivity contribution >= 4 is 5.97 Å². The maximum Gasteiger partial charge on any atom is 0.306 e. The van der Waals surface area contributed by atoms with Crippen molar-refractivity contribution in [3.8, 4) is 0 Å². The van der Waals surface area contributed by atoms with Crippen molar-refractivity contribution in [3.63, 3.8) is 0 Å². The number of rotatable bonds is 11. The minimum atomic E-state index is -0.643. The lowest BCUT2D eigenvalue weighted by atomic mass is 9.82. The van der Waals surface area contributed by atoms with E-state index in [4.69, 9.17) is 15.3 Å². The number of carboxylic acids is 1. The molecule has 0 saturated carbocycles. The van der Waals surface area contributed by atoms with E-state index in [0.717, 1.165) is 51.4 Å². The molecule has 0 aliphatic carbocycles. The molecule has 0 saturated heterocycles. The molecule has 0 aromatic heterocycles. The van der Waals surface area contributed by atoms with Crippen molar-refractivity contribution in [3.05, 3.63) is 0 Å². The fourth-order valence-corrected chi connectivity index (χ4v) is 2.11. The average molecular weight is 304 g/mol. The molecule has 0 aromatic carbocycles. The summed E-state index contributed by atoms with van der Waals surface area (Å²) in [5.74, 6) is -0.754. The highest BCUT2D eigenvalue weighted by Crippen LogP contribution is 2.27. The SMILES string of the molecule is CCCCC(CC)(CO)CO.CCCCC(CC)C(=O)O. The first-order valence-electron chi connectivity index (χ1n) is 8.41. The van der Waals surface area contributed by atoms with Crippen LogP contribution in [0.2, 0.25) is 0 Å². The standard InChI is InChI=1S/C9H20O2.C8H16O2/c1-3-5-6-9(4-2,7-10)8-11;1-3-5-6-7(4-2)8(9)10/h10-11H,3-8H2,1-2H3;7H,3-6H2,1-2H3,(H,9,10). The van der Waals surface area contributed by atoms with Crippen LogP contribution in [0.3, 0.4) is 0 Å². The van der Waals surface area contributed by atoms with Gasteiger partial charge in [-0.3, -0.25) is 4.79 Å². The summed E-state index contributed by atoms with van der Waals surface area (Å²) >= 11 is 0. The number of carboxylic acid groups (broad SMARTS) is 1. The molecule has 0 fully saturated rings. The zero-order chi connectivity index (χ0) is 16.7. The van der Waals surface area contributed by atoms with Crippen LogP contribution in [-0.2, 0) is 4.79 Å². The Morgan fingerprint density at radius 3 is 1.81 bits per heavy atom. The molecule has 0 amide bonds. The molecule has 1 atom stereocenters. The molecule has 0 spiro atoms. The third kappa shape index (κ3) is 10.7. The van der Waals surface area contributed by atoms with E-state index in [1.165, 1.54) is 0 Å². The lowest BCUT2D eigenvalue weighted by Crippen LogP contribution is -2.28. The number of unbranched alkanes of at least 4 members (excludes halogenated alkanes) is 2. The molecular formula is C17H36O4. The van der Waals surface area contributed by atoms with E-state index in [-0.39, 0.29) is 24.5 Å². The summed E-state index contributed by atoms with van der Waals surface area (Å²) < 4.78 is 0. The number of hydrogen-bond acceptors (Lipinski definition) is 3.